The molecule has 1 aromatic carbocycles. The summed E-state index contributed by atoms with van der Waals surface area (Å²) in [4.78, 5) is 0. The van der Waals surface area contributed by atoms with Crippen molar-refractivity contribution in [3.8, 4) is 17.5 Å². The highest BCUT2D eigenvalue weighted by atomic mass is 16.5. The average molecular weight is 213 g/mol. The number of nitriles is 1. The Morgan fingerprint density at radius 1 is 1.38 bits per heavy atom. The smallest absolute Gasteiger partial charge is 0.119 e. The van der Waals surface area contributed by atoms with Crippen LogP contribution in [0.25, 0.3) is 5.69 Å². The Hall–Kier alpha value is -2.28. The lowest BCUT2D eigenvalue weighted by molar-refractivity contribution is 0.340. The predicted octanol–water partition coefficient (Wildman–Crippen LogP) is 2.14. The topological polar surface area (TPSA) is 50.8 Å². The third-order valence-electron chi connectivity index (χ3n) is 2.12. The molecule has 1 aromatic heterocycles. The first kappa shape index (κ1) is 10.2. The van der Waals surface area contributed by atoms with E-state index in [0.29, 0.717) is 12.2 Å². The number of aromatic nitrogens is 2. The normalized spacial score (nSPS) is 9.75. The molecule has 0 bridgehead atoms. The SMILES string of the molecule is CCOc1ccc(-n2cc(C#N)cn2)cc1. The first-order valence-corrected chi connectivity index (χ1v) is 5.01. The van der Waals surface area contributed by atoms with Crippen LogP contribution in [0.3, 0.4) is 0 Å². The Balaban J connectivity index is 2.24. The van der Waals surface area contributed by atoms with Gasteiger partial charge in [0.15, 0.2) is 0 Å². The van der Waals surface area contributed by atoms with Crippen molar-refractivity contribution >= 4 is 0 Å². The summed E-state index contributed by atoms with van der Waals surface area (Å²) in [6, 6.07) is 9.61. The van der Waals surface area contributed by atoms with Crippen molar-refractivity contribution < 1.29 is 4.74 Å². The summed E-state index contributed by atoms with van der Waals surface area (Å²) in [6.07, 6.45) is 3.23. The molecule has 4 heteroatoms. The molecule has 0 N–H and O–H groups in total. The fourth-order valence-electron chi connectivity index (χ4n) is 1.38. The third kappa shape index (κ3) is 2.04. The maximum atomic E-state index is 8.69. The maximum Gasteiger partial charge on any atom is 0.119 e. The molecule has 80 valence electrons. The van der Waals surface area contributed by atoms with Gasteiger partial charge in [0.25, 0.3) is 0 Å². The molecule has 16 heavy (non-hydrogen) atoms. The van der Waals surface area contributed by atoms with Gasteiger partial charge in [-0.25, -0.2) is 4.68 Å². The van der Waals surface area contributed by atoms with Crippen LogP contribution in [0.2, 0.25) is 0 Å². The van der Waals surface area contributed by atoms with E-state index in [1.54, 1.807) is 10.9 Å². The summed E-state index contributed by atoms with van der Waals surface area (Å²) in [6.45, 7) is 2.60. The summed E-state index contributed by atoms with van der Waals surface area (Å²) in [5, 5.41) is 12.8. The van der Waals surface area contributed by atoms with Crippen LogP contribution in [0.5, 0.6) is 5.75 Å². The average Bonchev–Trinajstić information content (AvgIpc) is 2.79. The van der Waals surface area contributed by atoms with Crippen LogP contribution >= 0.6 is 0 Å². The van der Waals surface area contributed by atoms with Gasteiger partial charge < -0.3 is 4.74 Å². The van der Waals surface area contributed by atoms with E-state index < -0.39 is 0 Å². The first-order chi connectivity index (χ1) is 7.83. The van der Waals surface area contributed by atoms with Gasteiger partial charge in [0.05, 0.1) is 24.1 Å². The summed E-state index contributed by atoms with van der Waals surface area (Å²) < 4.78 is 7.00. The molecule has 0 aliphatic heterocycles. The molecular formula is C12H11N3O. The second kappa shape index (κ2) is 4.49. The van der Waals surface area contributed by atoms with Crippen LogP contribution in [0.1, 0.15) is 12.5 Å². The molecule has 4 nitrogen and oxygen atoms in total. The summed E-state index contributed by atoms with van der Waals surface area (Å²) in [5.74, 6) is 0.832. The molecule has 0 aliphatic carbocycles. The monoisotopic (exact) mass is 213 g/mol. The van der Waals surface area contributed by atoms with E-state index in [-0.39, 0.29) is 0 Å². The van der Waals surface area contributed by atoms with E-state index in [4.69, 9.17) is 10.00 Å². The van der Waals surface area contributed by atoms with Crippen LogP contribution in [-0.2, 0) is 0 Å². The minimum absolute atomic E-state index is 0.550. The quantitative estimate of drug-likeness (QED) is 0.784. The zero-order valence-corrected chi connectivity index (χ0v) is 8.92. The van der Waals surface area contributed by atoms with Gasteiger partial charge >= 0.3 is 0 Å². The van der Waals surface area contributed by atoms with E-state index in [0.717, 1.165) is 11.4 Å². The molecular weight excluding hydrogens is 202 g/mol. The molecule has 0 unspecified atom stereocenters. The number of hydrogen-bond acceptors (Lipinski definition) is 3. The highest BCUT2D eigenvalue weighted by molar-refractivity contribution is 5.38. The van der Waals surface area contributed by atoms with E-state index in [2.05, 4.69) is 5.10 Å². The van der Waals surface area contributed by atoms with Crippen molar-refractivity contribution in [1.29, 1.82) is 5.26 Å². The second-order valence-corrected chi connectivity index (χ2v) is 3.21. The molecule has 0 spiro atoms. The molecule has 1 heterocycles. The largest absolute Gasteiger partial charge is 0.494 e. The van der Waals surface area contributed by atoms with Crippen LogP contribution in [-0.4, -0.2) is 16.4 Å². The lowest BCUT2D eigenvalue weighted by Crippen LogP contribution is -1.95. The van der Waals surface area contributed by atoms with Crippen molar-refractivity contribution in [3.63, 3.8) is 0 Å². The van der Waals surface area contributed by atoms with Gasteiger partial charge in [0.2, 0.25) is 0 Å². The number of ether oxygens (including phenoxy) is 1. The van der Waals surface area contributed by atoms with Gasteiger partial charge in [-0.05, 0) is 31.2 Å². The number of rotatable bonds is 3. The van der Waals surface area contributed by atoms with E-state index in [1.165, 1.54) is 6.20 Å². The molecule has 0 aliphatic rings. The van der Waals surface area contributed by atoms with Crippen molar-refractivity contribution in [2.75, 3.05) is 6.61 Å². The molecule has 0 amide bonds. The first-order valence-electron chi connectivity index (χ1n) is 5.01. The minimum Gasteiger partial charge on any atom is -0.494 e. The summed E-state index contributed by atoms with van der Waals surface area (Å²) in [5.41, 5.74) is 1.46. The minimum atomic E-state index is 0.550. The molecule has 0 saturated carbocycles. The molecule has 0 saturated heterocycles. The van der Waals surface area contributed by atoms with E-state index in [1.807, 2.05) is 37.3 Å². The highest BCUT2D eigenvalue weighted by Crippen LogP contribution is 2.15. The molecule has 0 atom stereocenters. The highest BCUT2D eigenvalue weighted by Gasteiger charge is 2.00. The number of hydrogen-bond donors (Lipinski definition) is 0. The Morgan fingerprint density at radius 2 is 2.12 bits per heavy atom. The Bertz CT molecular complexity index is 508. The fraction of sp³-hybridized carbons (Fsp3) is 0.167. The van der Waals surface area contributed by atoms with Gasteiger partial charge in [-0.3, -0.25) is 0 Å². The Kier molecular flexibility index (Phi) is 2.88. The molecule has 0 radical (unpaired) electrons. The molecule has 2 aromatic rings. The number of benzene rings is 1. The maximum absolute atomic E-state index is 8.69. The standard InChI is InChI=1S/C12H11N3O/c1-2-16-12-5-3-11(4-6-12)15-9-10(7-13)8-14-15/h3-6,8-9H,2H2,1H3. The zero-order chi connectivity index (χ0) is 11.4. The van der Waals surface area contributed by atoms with Crippen molar-refractivity contribution in [3.05, 3.63) is 42.2 Å². The molecule has 2 rings (SSSR count). The lowest BCUT2D eigenvalue weighted by Gasteiger charge is -2.04. The Labute approximate surface area is 93.7 Å². The van der Waals surface area contributed by atoms with Crippen molar-refractivity contribution in [2.24, 2.45) is 0 Å². The van der Waals surface area contributed by atoms with Crippen LogP contribution in [0, 0.1) is 11.3 Å². The van der Waals surface area contributed by atoms with Gasteiger partial charge in [-0.15, -0.1) is 0 Å². The van der Waals surface area contributed by atoms with Crippen LogP contribution < -0.4 is 4.74 Å². The lowest BCUT2D eigenvalue weighted by atomic mass is 10.3. The van der Waals surface area contributed by atoms with Crippen LogP contribution in [0.4, 0.5) is 0 Å². The van der Waals surface area contributed by atoms with Gasteiger partial charge in [-0.1, -0.05) is 0 Å². The van der Waals surface area contributed by atoms with Gasteiger partial charge in [0.1, 0.15) is 11.8 Å². The fourth-order valence-corrected chi connectivity index (χ4v) is 1.38. The molecule has 0 fully saturated rings. The zero-order valence-electron chi connectivity index (χ0n) is 8.92. The predicted molar refractivity (Wildman–Crippen MR) is 59.4 cm³/mol. The summed E-state index contributed by atoms with van der Waals surface area (Å²) in [7, 11) is 0. The Morgan fingerprint density at radius 3 is 2.69 bits per heavy atom. The van der Waals surface area contributed by atoms with Crippen molar-refractivity contribution in [2.45, 2.75) is 6.92 Å². The number of nitrogens with zero attached hydrogens (tertiary/aromatic N) is 3. The van der Waals surface area contributed by atoms with E-state index >= 15 is 0 Å². The van der Waals surface area contributed by atoms with Crippen molar-refractivity contribution in [1.82, 2.24) is 9.78 Å². The third-order valence-corrected chi connectivity index (χ3v) is 2.12. The van der Waals surface area contributed by atoms with E-state index in [9.17, 15) is 0 Å². The van der Waals surface area contributed by atoms with Gasteiger partial charge in [0, 0.05) is 6.20 Å². The van der Waals surface area contributed by atoms with Crippen LogP contribution in [0.15, 0.2) is 36.7 Å². The second-order valence-electron chi connectivity index (χ2n) is 3.21. The van der Waals surface area contributed by atoms with Gasteiger partial charge in [-0.2, -0.15) is 10.4 Å². The summed E-state index contributed by atoms with van der Waals surface area (Å²) >= 11 is 0.